The number of carbonyl (C=O) groups excluding carboxylic acids is 1. The highest BCUT2D eigenvalue weighted by Crippen LogP contribution is 2.18. The molecule has 1 amide bonds. The van der Waals surface area contributed by atoms with E-state index in [9.17, 15) is 13.2 Å². The Morgan fingerprint density at radius 2 is 1.79 bits per heavy atom. The van der Waals surface area contributed by atoms with Crippen LogP contribution in [0.15, 0.2) is 29.2 Å². The lowest BCUT2D eigenvalue weighted by Crippen LogP contribution is -2.41. The quantitative estimate of drug-likeness (QED) is 0.658. The molecule has 2 fully saturated rings. The summed E-state index contributed by atoms with van der Waals surface area (Å²) in [5.74, 6) is -0.104. The Morgan fingerprint density at radius 1 is 1.17 bits per heavy atom. The maximum absolute atomic E-state index is 12.8. The van der Waals surface area contributed by atoms with Crippen molar-refractivity contribution < 1.29 is 17.9 Å². The predicted octanol–water partition coefficient (Wildman–Crippen LogP) is 0.656. The zero-order chi connectivity index (χ0) is 19.4. The number of amides is 1. The number of likely N-dealkylation sites (tertiary alicyclic amines) is 1. The number of rotatable bonds is 6. The van der Waals surface area contributed by atoms with Gasteiger partial charge in [0.05, 0.1) is 18.1 Å². The van der Waals surface area contributed by atoms with Crippen LogP contribution in [0.1, 0.15) is 16.8 Å². The molecule has 166 valence electrons. The first-order valence-corrected chi connectivity index (χ1v) is 10.7. The zero-order valence-corrected chi connectivity index (χ0v) is 19.0. The number of nitrogens with zero attached hydrogens (tertiary/aromatic N) is 3. The molecule has 0 spiro atoms. The van der Waals surface area contributed by atoms with Crippen molar-refractivity contribution >= 4 is 40.7 Å². The first kappa shape index (κ1) is 26.1. The molecule has 0 bridgehead atoms. The molecule has 2 aliphatic rings. The summed E-state index contributed by atoms with van der Waals surface area (Å²) in [7, 11) is -2.00. The van der Waals surface area contributed by atoms with Crippen LogP contribution in [0.3, 0.4) is 0 Å². The van der Waals surface area contributed by atoms with Crippen molar-refractivity contribution in [3.63, 3.8) is 0 Å². The summed E-state index contributed by atoms with van der Waals surface area (Å²) in [5, 5.41) is 0. The molecule has 8 nitrogen and oxygen atoms in total. The van der Waals surface area contributed by atoms with Crippen LogP contribution in [0.4, 0.5) is 0 Å². The highest BCUT2D eigenvalue weighted by atomic mass is 35.5. The Morgan fingerprint density at radius 3 is 2.34 bits per heavy atom. The zero-order valence-electron chi connectivity index (χ0n) is 16.5. The number of nitrogens with two attached hydrogens (primary N) is 1. The summed E-state index contributed by atoms with van der Waals surface area (Å²) in [6.07, 6.45) is 0.798. The van der Waals surface area contributed by atoms with E-state index in [0.717, 1.165) is 19.5 Å². The van der Waals surface area contributed by atoms with E-state index in [0.29, 0.717) is 45.0 Å². The van der Waals surface area contributed by atoms with Gasteiger partial charge < -0.3 is 15.4 Å². The average molecular weight is 469 g/mol. The molecule has 11 heteroatoms. The van der Waals surface area contributed by atoms with Crippen LogP contribution in [0.2, 0.25) is 0 Å². The van der Waals surface area contributed by atoms with E-state index < -0.39 is 10.0 Å². The minimum atomic E-state index is -3.58. The van der Waals surface area contributed by atoms with Gasteiger partial charge in [0.25, 0.3) is 5.91 Å². The highest BCUT2D eigenvalue weighted by molar-refractivity contribution is 7.89. The number of halogens is 2. The third-order valence-corrected chi connectivity index (χ3v) is 7.03. The van der Waals surface area contributed by atoms with Gasteiger partial charge >= 0.3 is 0 Å². The van der Waals surface area contributed by atoms with E-state index in [1.165, 1.54) is 16.4 Å². The molecular weight excluding hydrogens is 439 g/mol. The van der Waals surface area contributed by atoms with Gasteiger partial charge in [0.15, 0.2) is 0 Å². The number of likely N-dealkylation sites (N-methyl/N-ethyl adjacent to an activating group) is 1. The number of hydrogen-bond donors (Lipinski definition) is 1. The number of ether oxygens (including phenoxy) is 1. The molecule has 2 aliphatic heterocycles. The number of hydrogen-bond acceptors (Lipinski definition) is 6. The minimum absolute atomic E-state index is 0. The molecule has 2 N–H and O–H groups in total. The van der Waals surface area contributed by atoms with Crippen LogP contribution >= 0.6 is 24.8 Å². The molecule has 0 radical (unpaired) electrons. The molecule has 1 unspecified atom stereocenters. The van der Waals surface area contributed by atoms with Gasteiger partial charge in [-0.15, -0.1) is 24.8 Å². The summed E-state index contributed by atoms with van der Waals surface area (Å²) in [5.41, 5.74) is 6.33. The Labute approximate surface area is 185 Å². The van der Waals surface area contributed by atoms with Gasteiger partial charge in [0.2, 0.25) is 10.0 Å². The molecule has 0 saturated carbocycles. The fraction of sp³-hybridized carbons (Fsp3) is 0.611. The lowest BCUT2D eigenvalue weighted by Gasteiger charge is -2.28. The van der Waals surface area contributed by atoms with Gasteiger partial charge in [-0.1, -0.05) is 0 Å². The fourth-order valence-electron chi connectivity index (χ4n) is 3.33. The molecule has 0 aliphatic carbocycles. The van der Waals surface area contributed by atoms with E-state index in [1.54, 1.807) is 24.1 Å². The van der Waals surface area contributed by atoms with Crippen molar-refractivity contribution in [2.24, 2.45) is 5.73 Å². The summed E-state index contributed by atoms with van der Waals surface area (Å²) in [4.78, 5) is 16.6. The van der Waals surface area contributed by atoms with E-state index in [2.05, 4.69) is 4.90 Å². The van der Waals surface area contributed by atoms with Crippen molar-refractivity contribution in [3.8, 4) is 0 Å². The first-order valence-electron chi connectivity index (χ1n) is 9.29. The second-order valence-corrected chi connectivity index (χ2v) is 9.15. The van der Waals surface area contributed by atoms with Crippen LogP contribution in [-0.4, -0.2) is 94.0 Å². The van der Waals surface area contributed by atoms with Crippen molar-refractivity contribution in [2.75, 3.05) is 59.5 Å². The summed E-state index contributed by atoms with van der Waals surface area (Å²) < 4.78 is 32.2. The Balaban J connectivity index is 0.00000210. The van der Waals surface area contributed by atoms with Gasteiger partial charge in [-0.3, -0.25) is 9.69 Å². The maximum atomic E-state index is 12.8. The normalized spacial score (nSPS) is 20.2. The molecule has 29 heavy (non-hydrogen) atoms. The molecule has 2 heterocycles. The van der Waals surface area contributed by atoms with Gasteiger partial charge in [0, 0.05) is 57.9 Å². The van der Waals surface area contributed by atoms with Crippen molar-refractivity contribution in [3.05, 3.63) is 29.8 Å². The number of benzene rings is 1. The number of sulfonamides is 1. The Kier molecular flexibility index (Phi) is 10.3. The van der Waals surface area contributed by atoms with E-state index in [4.69, 9.17) is 10.5 Å². The van der Waals surface area contributed by atoms with E-state index in [1.807, 2.05) is 0 Å². The van der Waals surface area contributed by atoms with Crippen LogP contribution in [0.25, 0.3) is 0 Å². The first-order chi connectivity index (χ1) is 12.9. The molecule has 1 aromatic carbocycles. The molecule has 2 saturated heterocycles. The van der Waals surface area contributed by atoms with Crippen molar-refractivity contribution in [1.29, 1.82) is 0 Å². The van der Waals surface area contributed by atoms with Crippen LogP contribution < -0.4 is 5.73 Å². The minimum Gasteiger partial charge on any atom is -0.379 e. The summed E-state index contributed by atoms with van der Waals surface area (Å²) >= 11 is 0. The second kappa shape index (κ2) is 11.5. The Bertz CT molecular complexity index is 758. The highest BCUT2D eigenvalue weighted by Gasteiger charge is 2.26. The van der Waals surface area contributed by atoms with E-state index in [-0.39, 0.29) is 41.7 Å². The van der Waals surface area contributed by atoms with Crippen molar-refractivity contribution in [2.45, 2.75) is 17.4 Å². The third kappa shape index (κ3) is 6.52. The number of carbonyl (C=O) groups is 1. The molecule has 1 aromatic rings. The molecule has 0 aromatic heterocycles. The fourth-order valence-corrected chi connectivity index (χ4v) is 4.49. The SMILES string of the molecule is CN(CCN1CCOCC1)S(=O)(=O)c1ccc(C(=O)N2CCC(N)C2)cc1.Cl.Cl. The second-order valence-electron chi connectivity index (χ2n) is 7.10. The standard InChI is InChI=1S/C18H28N4O4S.2ClH/c1-20(8-9-21-10-12-26-13-11-21)27(24,25)17-4-2-15(3-5-17)18(23)22-7-6-16(19)14-22;;/h2-5,16H,6-14,19H2,1H3;2*1H. The van der Waals surface area contributed by atoms with Crippen LogP contribution in [0.5, 0.6) is 0 Å². The van der Waals surface area contributed by atoms with Crippen LogP contribution in [0, 0.1) is 0 Å². The van der Waals surface area contributed by atoms with Gasteiger partial charge in [-0.05, 0) is 30.7 Å². The van der Waals surface area contributed by atoms with Gasteiger partial charge in [-0.25, -0.2) is 8.42 Å². The van der Waals surface area contributed by atoms with Crippen molar-refractivity contribution in [1.82, 2.24) is 14.1 Å². The van der Waals surface area contributed by atoms with E-state index >= 15 is 0 Å². The third-order valence-electron chi connectivity index (χ3n) is 5.16. The molecule has 1 atom stereocenters. The summed E-state index contributed by atoms with van der Waals surface area (Å²) in [6, 6.07) is 6.19. The lowest BCUT2D eigenvalue weighted by molar-refractivity contribution is 0.0368. The van der Waals surface area contributed by atoms with Gasteiger partial charge in [0.1, 0.15) is 0 Å². The molecule has 3 rings (SSSR count). The van der Waals surface area contributed by atoms with Crippen LogP contribution in [-0.2, 0) is 14.8 Å². The number of morpholine rings is 1. The molecular formula is C18H30Cl2N4O4S. The Hall–Kier alpha value is -0.940. The monoisotopic (exact) mass is 468 g/mol. The maximum Gasteiger partial charge on any atom is 0.253 e. The van der Waals surface area contributed by atoms with Gasteiger partial charge in [-0.2, -0.15) is 4.31 Å². The smallest absolute Gasteiger partial charge is 0.253 e. The largest absolute Gasteiger partial charge is 0.379 e. The lowest BCUT2D eigenvalue weighted by atomic mass is 10.2. The average Bonchev–Trinajstić information content (AvgIpc) is 3.12. The summed E-state index contributed by atoms with van der Waals surface area (Å²) in [6.45, 7) is 5.30. The topological polar surface area (TPSA) is 96.2 Å². The predicted molar refractivity (Wildman–Crippen MR) is 117 cm³/mol.